The fourth-order valence-corrected chi connectivity index (χ4v) is 15.5. The second kappa shape index (κ2) is 32.8. The van der Waals surface area contributed by atoms with Crippen LogP contribution in [0.15, 0.2) is 124 Å². The van der Waals surface area contributed by atoms with Crippen molar-refractivity contribution in [2.24, 2.45) is 38.3 Å². The molecule has 32 heteroatoms. The summed E-state index contributed by atoms with van der Waals surface area (Å²) in [5, 5.41) is 33.4. The fourth-order valence-electron chi connectivity index (χ4n) is 14.9. The lowest BCUT2D eigenvalue weighted by Gasteiger charge is -2.32. The van der Waals surface area contributed by atoms with E-state index in [0.29, 0.717) is 132 Å². The number of hydrogen-bond donors (Lipinski definition) is 6. The van der Waals surface area contributed by atoms with Crippen molar-refractivity contribution in [2.45, 2.75) is 83.2 Å². The summed E-state index contributed by atoms with van der Waals surface area (Å²) in [6.07, 6.45) is 5.55. The summed E-state index contributed by atoms with van der Waals surface area (Å²) in [6, 6.07) is 32.1. The number of aromatic hydroxyl groups is 1. The molecule has 0 saturated carbocycles. The minimum atomic E-state index is -1.28. The third-order valence-electron chi connectivity index (χ3n) is 20.0. The van der Waals surface area contributed by atoms with Gasteiger partial charge in [0.25, 0.3) is 16.7 Å². The minimum absolute atomic E-state index is 0. The van der Waals surface area contributed by atoms with Crippen LogP contribution in [0.1, 0.15) is 93.2 Å². The predicted octanol–water partition coefficient (Wildman–Crippen LogP) is 10.7. The topological polar surface area (TPSA) is 347 Å². The molecule has 568 valence electrons. The number of imidazole rings is 3. The maximum atomic E-state index is 13.9. The van der Waals surface area contributed by atoms with Gasteiger partial charge in [-0.1, -0.05) is 89.4 Å². The normalized spacial score (nSPS) is 15.9. The summed E-state index contributed by atoms with van der Waals surface area (Å²) < 4.78 is 26.2. The van der Waals surface area contributed by atoms with Gasteiger partial charge in [-0.2, -0.15) is 0 Å². The third-order valence-corrected chi connectivity index (χ3v) is 21.1. The molecule has 15 rings (SSSR count). The number of fused-ring (bicyclic) bond motifs is 9. The molecule has 0 unspecified atom stereocenters. The van der Waals surface area contributed by atoms with E-state index < -0.39 is 29.2 Å². The van der Waals surface area contributed by atoms with Gasteiger partial charge in [-0.05, 0) is 117 Å². The van der Waals surface area contributed by atoms with Crippen LogP contribution < -0.4 is 58.1 Å². The van der Waals surface area contributed by atoms with Gasteiger partial charge in [0.1, 0.15) is 49.8 Å². The van der Waals surface area contributed by atoms with Gasteiger partial charge in [-0.3, -0.25) is 14.4 Å². The molecule has 6 aromatic carbocycles. The first kappa shape index (κ1) is 79.0. The van der Waals surface area contributed by atoms with Crippen molar-refractivity contribution < 1.29 is 43.9 Å². The number of aromatic nitrogens is 9. The Labute approximate surface area is 645 Å². The lowest BCUT2D eigenvalue weighted by molar-refractivity contribution is 0.0521. The maximum Gasteiger partial charge on any atom is 0.341 e. The summed E-state index contributed by atoms with van der Waals surface area (Å²) in [5.41, 5.74) is 24.0. The molecule has 3 aliphatic heterocycles. The number of carboxylic acids is 2. The molecular formula is C76H82Cl5N15O12. The highest BCUT2D eigenvalue weighted by molar-refractivity contribution is 6.32. The number of hydrogen-bond acceptors (Lipinski definition) is 19. The number of benzene rings is 6. The number of pyridine rings is 3. The number of rotatable bonds is 15. The fraction of sp³-hybridized carbons (Fsp3) is 0.329. The highest BCUT2D eigenvalue weighted by atomic mass is 35.5. The lowest BCUT2D eigenvalue weighted by atomic mass is 10.1. The molecule has 3 saturated heterocycles. The number of aryl methyl sites for hydroxylation is 3. The van der Waals surface area contributed by atoms with E-state index in [1.54, 1.807) is 51.4 Å². The van der Waals surface area contributed by atoms with E-state index in [-0.39, 0.29) is 94.4 Å². The van der Waals surface area contributed by atoms with E-state index in [1.807, 2.05) is 80.4 Å². The van der Waals surface area contributed by atoms with Crippen molar-refractivity contribution in [3.8, 4) is 17.2 Å². The number of aromatic carboxylic acids is 2. The Kier molecular flexibility index (Phi) is 24.0. The van der Waals surface area contributed by atoms with Crippen LogP contribution in [0.2, 0.25) is 15.1 Å². The molecule has 0 bridgehead atoms. The lowest BCUT2D eigenvalue weighted by Crippen LogP contribution is -2.44. The zero-order valence-corrected chi connectivity index (χ0v) is 63.9. The predicted molar refractivity (Wildman–Crippen MR) is 427 cm³/mol. The van der Waals surface area contributed by atoms with Gasteiger partial charge in [0.05, 0.1) is 57.0 Å². The molecule has 0 aliphatic carbocycles. The zero-order chi connectivity index (χ0) is 75.3. The van der Waals surface area contributed by atoms with Gasteiger partial charge in [-0.15, -0.1) is 24.8 Å². The van der Waals surface area contributed by atoms with Crippen molar-refractivity contribution >= 4 is 161 Å². The number of carboxylic acid groups (broad SMARTS) is 2. The van der Waals surface area contributed by atoms with Gasteiger partial charge in [0, 0.05) is 110 Å². The number of phenols is 1. The molecule has 6 aromatic heterocycles. The first-order valence-corrected chi connectivity index (χ1v) is 35.9. The SMILES string of the molecule is CCOC(=O)c1ccc2c3nc(N4CCC[C@@H](N)C4)n(Cc4ccccc4Cl)c3c(=O)n(C)c2c1OC.COc1c(C(=O)O)ccc2c3nc(N4CCC[C@@H](N)C4)n(Cc4ccccc4Cl)c3c(=O)n(C)c12.Cl.Cl.Cn1c(=O)c2c(nc(N3CCC[C@@H](N)C3)n2Cc2ccccc2Cl)c2ccc(C(=O)O)c(O)c21. The number of ether oxygens (including phenoxy) is 3. The van der Waals surface area contributed by atoms with Gasteiger partial charge in [0.15, 0.2) is 17.2 Å². The molecule has 12 aromatic rings. The summed E-state index contributed by atoms with van der Waals surface area (Å²) >= 11 is 19.5. The van der Waals surface area contributed by atoms with Gasteiger partial charge >= 0.3 is 17.9 Å². The number of anilines is 3. The van der Waals surface area contributed by atoms with Crippen LogP contribution >= 0.6 is 59.6 Å². The summed E-state index contributed by atoms with van der Waals surface area (Å²) in [5.74, 6) is -1.09. The molecule has 0 amide bonds. The smallest absolute Gasteiger partial charge is 0.341 e. The van der Waals surface area contributed by atoms with E-state index >= 15 is 0 Å². The summed E-state index contributed by atoms with van der Waals surface area (Å²) in [6.45, 7) is 7.16. The number of carbonyl (C=O) groups is 3. The standard InChI is InChI=1S/C27H30ClN5O4.C25H26ClN5O4.C24H24ClN5O4.2ClH/c1-4-37-26(35)19-12-11-18-21-23(25(34)31(2)22(18)24(19)36-3)33(14-16-8-5-6-10-20(16)28)27(30-21)32-13-7-9-17(29)15-32;1-29-20-16(9-10-17(24(33)34)22(20)35-2)19-21(23(29)32)31(12-14-6-3-4-8-18(14)26)25(28-19)30-11-5-7-15(27)13-30;1-28-19-15(8-9-16(21(19)31)23(33)34)18-20(22(28)32)30(11-13-5-2-3-7-17(13)25)24(27-18)29-10-4-6-14(26)12-29;;/h5-6,8,10-12,17H,4,7,9,13-15,29H2,1-3H3;3-4,6,8-10,15H,5,7,11-13,27H2,1-2H3,(H,33,34);2-3,5,7-9,14,31H,4,6,10-12,26H2,1H3,(H,33,34);2*1H/t17-;15-;14-;;/m111../s1. The van der Waals surface area contributed by atoms with Gasteiger partial charge < -0.3 is 88.8 Å². The van der Waals surface area contributed by atoms with Gasteiger partial charge in [0.2, 0.25) is 17.8 Å². The second-order valence-electron chi connectivity index (χ2n) is 26.8. The molecule has 27 nitrogen and oxygen atoms in total. The van der Waals surface area contributed by atoms with Crippen LogP contribution in [0.3, 0.4) is 0 Å². The second-order valence-corrected chi connectivity index (χ2v) is 28.0. The van der Waals surface area contributed by atoms with Crippen LogP contribution in [0.4, 0.5) is 17.8 Å². The number of piperidine rings is 3. The van der Waals surface area contributed by atoms with Gasteiger partial charge in [-0.25, -0.2) is 29.3 Å². The van der Waals surface area contributed by atoms with Crippen molar-refractivity contribution in [1.82, 2.24) is 42.4 Å². The summed E-state index contributed by atoms with van der Waals surface area (Å²) in [7, 11) is 7.67. The monoisotopic (exact) mass is 1570 g/mol. The molecule has 3 aliphatic rings. The van der Waals surface area contributed by atoms with Crippen LogP contribution in [0.25, 0.3) is 65.8 Å². The summed E-state index contributed by atoms with van der Waals surface area (Å²) in [4.78, 5) is 98.4. The maximum absolute atomic E-state index is 13.9. The van der Waals surface area contributed by atoms with E-state index in [0.717, 1.165) is 74.8 Å². The molecule has 9 heterocycles. The molecule has 9 N–H and O–H groups in total. The first-order chi connectivity index (χ1) is 50.9. The van der Waals surface area contributed by atoms with E-state index in [9.17, 15) is 44.1 Å². The molecule has 0 spiro atoms. The molecular weight excluding hydrogens is 1490 g/mol. The van der Waals surface area contributed by atoms with Crippen molar-refractivity contribution in [2.75, 3.05) is 74.8 Å². The Balaban J connectivity index is 0.000000160. The highest BCUT2D eigenvalue weighted by Gasteiger charge is 2.33. The van der Waals surface area contributed by atoms with Crippen molar-refractivity contribution in [3.05, 3.63) is 189 Å². The van der Waals surface area contributed by atoms with Crippen LogP contribution in [0, 0.1) is 0 Å². The molecule has 3 fully saturated rings. The van der Waals surface area contributed by atoms with E-state index in [4.69, 9.17) is 81.2 Å². The van der Waals surface area contributed by atoms with Crippen LogP contribution in [0.5, 0.6) is 17.2 Å². The van der Waals surface area contributed by atoms with E-state index in [2.05, 4.69) is 14.7 Å². The molecule has 108 heavy (non-hydrogen) atoms. The molecule has 3 atom stereocenters. The average molecular weight is 1570 g/mol. The Morgan fingerprint density at radius 2 is 0.787 bits per heavy atom. The Bertz CT molecular complexity index is 5700. The Hall–Kier alpha value is -10.1. The first-order valence-electron chi connectivity index (χ1n) is 34.7. The van der Waals surface area contributed by atoms with E-state index in [1.165, 1.54) is 47.1 Å². The highest BCUT2D eigenvalue weighted by Crippen LogP contribution is 2.40. The number of halogens is 5. The number of nitrogens with zero attached hydrogens (tertiary/aromatic N) is 12. The quantitative estimate of drug-likeness (QED) is 0.0519. The zero-order valence-electron chi connectivity index (χ0n) is 60.0. The molecule has 0 radical (unpaired) electrons. The van der Waals surface area contributed by atoms with Crippen LogP contribution in [-0.4, -0.2) is 154 Å². The number of carbonyl (C=O) groups excluding carboxylic acids is 1. The largest absolute Gasteiger partial charge is 0.505 e. The van der Waals surface area contributed by atoms with Crippen molar-refractivity contribution in [1.29, 1.82) is 0 Å². The van der Waals surface area contributed by atoms with Crippen LogP contribution in [-0.2, 0) is 45.5 Å². The van der Waals surface area contributed by atoms with Crippen molar-refractivity contribution in [3.63, 3.8) is 0 Å². The minimum Gasteiger partial charge on any atom is -0.505 e. The third kappa shape index (κ3) is 14.6. The Morgan fingerprint density at radius 1 is 0.472 bits per heavy atom. The average Bonchev–Trinajstić information content (AvgIpc) is 1.54. The number of esters is 1. The number of nitrogens with two attached hydrogens (primary N) is 3. The Morgan fingerprint density at radius 3 is 1.11 bits per heavy atom. The number of methoxy groups -OCH3 is 2.